The number of unbranched alkanes of at least 4 members (excludes halogenated alkanes) is 3. The molecule has 4 saturated heterocycles. The van der Waals surface area contributed by atoms with Crippen LogP contribution in [0.2, 0.25) is 0 Å². The number of hydrogen-bond acceptors (Lipinski definition) is 8. The lowest BCUT2D eigenvalue weighted by atomic mass is 9.66. The Morgan fingerprint density at radius 3 is 2.55 bits per heavy atom. The van der Waals surface area contributed by atoms with Crippen molar-refractivity contribution >= 4 is 35.2 Å². The number of amides is 3. The van der Waals surface area contributed by atoms with Gasteiger partial charge >= 0.3 is 0 Å². The molecule has 6 atom stereocenters. The summed E-state index contributed by atoms with van der Waals surface area (Å²) in [4.78, 5) is 46.1. The molecule has 4 aliphatic rings. The summed E-state index contributed by atoms with van der Waals surface area (Å²) >= 11 is 1.70. The second-order valence-corrected chi connectivity index (χ2v) is 13.5. The van der Waals surface area contributed by atoms with Crippen molar-refractivity contribution in [2.75, 3.05) is 64.5 Å². The Bertz CT molecular complexity index is 1100. The number of aliphatic hydroxyl groups excluding tert-OH is 1. The SMILES string of the molecule is CCOc1ccc(NC(=O)[C@@H]2[C@@H]3CC(C)C4(S3)C(C(=O)NCCN3CCOCC3)N(CCCCCCO)C(=O)[C@H]24)cc1. The molecule has 0 radical (unpaired) electrons. The number of morpholine rings is 1. The molecule has 0 saturated carbocycles. The highest BCUT2D eigenvalue weighted by atomic mass is 32.2. The number of rotatable bonds is 14. The summed E-state index contributed by atoms with van der Waals surface area (Å²) in [6.07, 6.45) is 4.05. The number of fused-ring (bicyclic) bond motifs is 1. The van der Waals surface area contributed by atoms with Gasteiger partial charge in [-0.1, -0.05) is 19.8 Å². The maximum Gasteiger partial charge on any atom is 0.244 e. The smallest absolute Gasteiger partial charge is 0.244 e. The standard InChI is InChI=1S/C31H46N4O6S/c1-3-41-23-10-8-22(9-11-23)33-28(37)25-24-20-21(2)31(42-24)26(25)30(39)35(13-6-4-5-7-17-36)27(31)29(38)32-12-14-34-15-18-40-19-16-34/h8-11,21,24-27,36H,3-7,12-20H2,1-2H3,(H,32,38)(H,33,37)/t21?,24-,25+,26-,27?,31?/m0/s1. The predicted octanol–water partition coefficient (Wildman–Crippen LogP) is 2.36. The van der Waals surface area contributed by atoms with Crippen molar-refractivity contribution in [3.63, 3.8) is 0 Å². The van der Waals surface area contributed by atoms with Gasteiger partial charge in [-0.3, -0.25) is 19.3 Å². The quantitative estimate of drug-likeness (QED) is 0.278. The predicted molar refractivity (Wildman–Crippen MR) is 162 cm³/mol. The minimum absolute atomic E-state index is 0.00741. The third-order valence-electron chi connectivity index (χ3n) is 9.37. The topological polar surface area (TPSA) is 120 Å². The largest absolute Gasteiger partial charge is 0.494 e. The number of anilines is 1. The van der Waals surface area contributed by atoms with E-state index in [1.807, 2.05) is 31.2 Å². The first-order valence-electron chi connectivity index (χ1n) is 15.6. The number of benzene rings is 1. The van der Waals surface area contributed by atoms with Gasteiger partial charge in [0.2, 0.25) is 17.7 Å². The zero-order valence-electron chi connectivity index (χ0n) is 24.9. The van der Waals surface area contributed by atoms with E-state index >= 15 is 0 Å². The van der Waals surface area contributed by atoms with Crippen LogP contribution in [-0.2, 0) is 19.1 Å². The van der Waals surface area contributed by atoms with E-state index in [4.69, 9.17) is 14.6 Å². The maximum atomic E-state index is 14.2. The molecule has 3 amide bonds. The van der Waals surface area contributed by atoms with Gasteiger partial charge in [-0.25, -0.2) is 0 Å². The average molecular weight is 603 g/mol. The minimum atomic E-state index is -0.628. The van der Waals surface area contributed by atoms with Crippen LogP contribution in [-0.4, -0.2) is 108 Å². The number of hydrogen-bond donors (Lipinski definition) is 3. The Balaban J connectivity index is 1.34. The van der Waals surface area contributed by atoms with Crippen LogP contribution in [0, 0.1) is 17.8 Å². The van der Waals surface area contributed by atoms with Gasteiger partial charge in [0.1, 0.15) is 11.8 Å². The molecule has 1 aromatic rings. The van der Waals surface area contributed by atoms with Crippen molar-refractivity contribution in [3.8, 4) is 5.75 Å². The van der Waals surface area contributed by atoms with Crippen molar-refractivity contribution in [3.05, 3.63) is 24.3 Å². The summed E-state index contributed by atoms with van der Waals surface area (Å²) in [5, 5.41) is 15.4. The summed E-state index contributed by atoms with van der Waals surface area (Å²) in [5.74, 6) is -0.493. The molecule has 4 fully saturated rings. The number of carbonyl (C=O) groups is 3. The highest BCUT2D eigenvalue weighted by Crippen LogP contribution is 2.68. The molecule has 0 aromatic heterocycles. The molecule has 4 aliphatic heterocycles. The summed E-state index contributed by atoms with van der Waals surface area (Å²) in [6.45, 7) is 9.64. The third kappa shape index (κ3) is 6.16. The summed E-state index contributed by atoms with van der Waals surface area (Å²) in [7, 11) is 0. The Kier molecular flexibility index (Phi) is 10.3. The van der Waals surface area contributed by atoms with Gasteiger partial charge in [0.15, 0.2) is 0 Å². The van der Waals surface area contributed by atoms with E-state index in [1.54, 1.807) is 16.7 Å². The van der Waals surface area contributed by atoms with Gasteiger partial charge < -0.3 is 30.1 Å². The Labute approximate surface area is 253 Å². The van der Waals surface area contributed by atoms with Gasteiger partial charge in [0, 0.05) is 50.3 Å². The summed E-state index contributed by atoms with van der Waals surface area (Å²) in [5.41, 5.74) is 0.668. The van der Waals surface area contributed by atoms with E-state index in [0.717, 1.165) is 57.5 Å². The molecule has 1 aromatic carbocycles. The molecule has 10 nitrogen and oxygen atoms in total. The van der Waals surface area contributed by atoms with Gasteiger partial charge in [-0.15, -0.1) is 11.8 Å². The van der Waals surface area contributed by atoms with E-state index in [1.165, 1.54) is 0 Å². The molecule has 1 spiro atoms. The van der Waals surface area contributed by atoms with Crippen LogP contribution in [0.15, 0.2) is 24.3 Å². The van der Waals surface area contributed by atoms with Crippen molar-refractivity contribution in [2.45, 2.75) is 62.0 Å². The molecule has 232 valence electrons. The molecule has 0 aliphatic carbocycles. The first kappa shape index (κ1) is 31.1. The number of aliphatic hydroxyl groups is 1. The monoisotopic (exact) mass is 602 g/mol. The lowest BCUT2D eigenvalue weighted by Crippen LogP contribution is -2.57. The van der Waals surface area contributed by atoms with Gasteiger partial charge in [-0.2, -0.15) is 0 Å². The molecule has 42 heavy (non-hydrogen) atoms. The molecule has 3 N–H and O–H groups in total. The Morgan fingerprint density at radius 1 is 1.10 bits per heavy atom. The van der Waals surface area contributed by atoms with Gasteiger partial charge in [0.05, 0.1) is 36.4 Å². The zero-order valence-corrected chi connectivity index (χ0v) is 25.7. The van der Waals surface area contributed by atoms with Crippen LogP contribution in [0.4, 0.5) is 5.69 Å². The van der Waals surface area contributed by atoms with E-state index in [9.17, 15) is 14.4 Å². The summed E-state index contributed by atoms with van der Waals surface area (Å²) in [6, 6.07) is 6.69. The van der Waals surface area contributed by atoms with Crippen LogP contribution in [0.1, 0.15) is 46.0 Å². The number of carbonyl (C=O) groups excluding carboxylic acids is 3. The molecule has 11 heteroatoms. The highest BCUT2D eigenvalue weighted by Gasteiger charge is 2.75. The van der Waals surface area contributed by atoms with Crippen molar-refractivity contribution in [1.29, 1.82) is 0 Å². The van der Waals surface area contributed by atoms with Gasteiger partial charge in [-0.05, 0) is 56.4 Å². The zero-order chi connectivity index (χ0) is 29.7. The van der Waals surface area contributed by atoms with Crippen molar-refractivity contribution in [1.82, 2.24) is 15.1 Å². The van der Waals surface area contributed by atoms with Crippen molar-refractivity contribution < 1.29 is 29.0 Å². The molecule has 2 bridgehead atoms. The molecule has 3 unspecified atom stereocenters. The number of likely N-dealkylation sites (tertiary alicyclic amines) is 1. The fourth-order valence-electron chi connectivity index (χ4n) is 7.39. The van der Waals surface area contributed by atoms with E-state index in [0.29, 0.717) is 38.6 Å². The highest BCUT2D eigenvalue weighted by molar-refractivity contribution is 8.02. The van der Waals surface area contributed by atoms with Crippen molar-refractivity contribution in [2.24, 2.45) is 17.8 Å². The van der Waals surface area contributed by atoms with E-state index in [-0.39, 0.29) is 35.5 Å². The van der Waals surface area contributed by atoms with E-state index < -0.39 is 22.6 Å². The fourth-order valence-corrected chi connectivity index (χ4v) is 9.82. The normalized spacial score (nSPS) is 30.4. The van der Waals surface area contributed by atoms with Crippen LogP contribution < -0.4 is 15.4 Å². The van der Waals surface area contributed by atoms with E-state index in [2.05, 4.69) is 22.5 Å². The van der Waals surface area contributed by atoms with Crippen LogP contribution in [0.25, 0.3) is 0 Å². The van der Waals surface area contributed by atoms with Gasteiger partial charge in [0.25, 0.3) is 0 Å². The number of nitrogens with one attached hydrogen (secondary N) is 2. The number of thioether (sulfide) groups is 1. The molecular weight excluding hydrogens is 556 g/mol. The first-order chi connectivity index (χ1) is 20.4. The first-order valence-corrected chi connectivity index (χ1v) is 16.5. The van der Waals surface area contributed by atoms with Crippen LogP contribution >= 0.6 is 11.8 Å². The second-order valence-electron chi connectivity index (χ2n) is 11.9. The second kappa shape index (κ2) is 14.0. The number of nitrogens with zero attached hydrogens (tertiary/aromatic N) is 2. The fraction of sp³-hybridized carbons (Fsp3) is 0.710. The third-order valence-corrected chi connectivity index (χ3v) is 11.4. The van der Waals surface area contributed by atoms with Crippen LogP contribution in [0.3, 0.4) is 0 Å². The minimum Gasteiger partial charge on any atom is -0.494 e. The molecular formula is C31H46N4O6S. The lowest BCUT2D eigenvalue weighted by molar-refractivity contribution is -0.139. The average Bonchev–Trinajstić information content (AvgIpc) is 3.58. The molecule has 5 rings (SSSR count). The Hall–Kier alpha value is -2.34. The lowest BCUT2D eigenvalue weighted by Gasteiger charge is -2.38. The van der Waals surface area contributed by atoms with Crippen LogP contribution in [0.5, 0.6) is 5.75 Å². The number of ether oxygens (including phenoxy) is 2. The summed E-state index contributed by atoms with van der Waals surface area (Å²) < 4.78 is 10.3. The Morgan fingerprint density at radius 2 is 1.83 bits per heavy atom. The molecule has 4 heterocycles. The maximum absolute atomic E-state index is 14.2.